The van der Waals surface area contributed by atoms with E-state index >= 15 is 0 Å². The number of piperidine rings is 1. The molecule has 2 aliphatic rings. The molecule has 3 atom stereocenters. The SMILES string of the molecule is Cc1ccc2c(c1)OC(c1cccc(C(=N)N)c1)C(=O)N2CCCCCN1C(C)CCCC1C. The Morgan fingerprint density at radius 3 is 2.53 bits per heavy atom. The average molecular weight is 463 g/mol. The summed E-state index contributed by atoms with van der Waals surface area (Å²) in [6, 6.07) is 14.6. The standard InChI is InChI=1S/C28H38N4O2/c1-19-13-14-24-25(17-19)34-26(22-11-8-12-23(18-22)27(29)30)28(33)32(24)16-6-4-5-15-31-20(2)9-7-10-21(31)3/h8,11-14,17-18,20-21,26H,4-7,9-10,15-16H2,1-3H3,(H3,29,30). The van der Waals surface area contributed by atoms with Crippen LogP contribution in [-0.4, -0.2) is 41.8 Å². The summed E-state index contributed by atoms with van der Waals surface area (Å²) < 4.78 is 6.20. The number of rotatable bonds is 8. The molecule has 1 fully saturated rings. The molecule has 6 nitrogen and oxygen atoms in total. The van der Waals surface area contributed by atoms with Crippen molar-refractivity contribution in [3.05, 3.63) is 59.2 Å². The molecule has 0 saturated carbocycles. The number of hydrogen-bond acceptors (Lipinski definition) is 4. The van der Waals surface area contributed by atoms with Crippen LogP contribution >= 0.6 is 0 Å². The van der Waals surface area contributed by atoms with E-state index in [1.807, 2.05) is 42.2 Å². The fourth-order valence-corrected chi connectivity index (χ4v) is 5.34. The lowest BCUT2D eigenvalue weighted by Gasteiger charge is -2.39. The number of ether oxygens (including phenoxy) is 1. The Morgan fingerprint density at radius 2 is 1.79 bits per heavy atom. The average Bonchev–Trinajstić information content (AvgIpc) is 2.81. The van der Waals surface area contributed by atoms with Crippen molar-refractivity contribution in [1.29, 1.82) is 5.41 Å². The second kappa shape index (κ2) is 10.6. The second-order valence-electron chi connectivity index (χ2n) is 9.93. The first-order valence-corrected chi connectivity index (χ1v) is 12.6. The Labute approximate surface area is 203 Å². The van der Waals surface area contributed by atoms with Gasteiger partial charge in [-0.25, -0.2) is 0 Å². The zero-order valence-electron chi connectivity index (χ0n) is 20.7. The Morgan fingerprint density at radius 1 is 1.06 bits per heavy atom. The number of amidine groups is 1. The summed E-state index contributed by atoms with van der Waals surface area (Å²) >= 11 is 0. The summed E-state index contributed by atoms with van der Waals surface area (Å²) in [7, 11) is 0. The summed E-state index contributed by atoms with van der Waals surface area (Å²) in [6.07, 6.45) is 6.40. The highest BCUT2D eigenvalue weighted by Crippen LogP contribution is 2.39. The van der Waals surface area contributed by atoms with E-state index in [1.54, 1.807) is 12.1 Å². The molecule has 2 heterocycles. The number of aryl methyl sites for hydroxylation is 1. The van der Waals surface area contributed by atoms with Crippen LogP contribution in [0.3, 0.4) is 0 Å². The number of hydrogen-bond donors (Lipinski definition) is 2. The van der Waals surface area contributed by atoms with Crippen molar-refractivity contribution in [3.8, 4) is 5.75 Å². The van der Waals surface area contributed by atoms with Gasteiger partial charge in [0.05, 0.1) is 5.69 Å². The molecule has 3 unspecified atom stereocenters. The van der Waals surface area contributed by atoms with E-state index in [4.69, 9.17) is 15.9 Å². The van der Waals surface area contributed by atoms with E-state index in [9.17, 15) is 4.79 Å². The smallest absolute Gasteiger partial charge is 0.272 e. The topological polar surface area (TPSA) is 82.6 Å². The van der Waals surface area contributed by atoms with Crippen LogP contribution in [0.15, 0.2) is 42.5 Å². The number of nitrogen functional groups attached to an aromatic ring is 1. The van der Waals surface area contributed by atoms with Crippen LogP contribution in [0.1, 0.15) is 75.2 Å². The zero-order valence-corrected chi connectivity index (χ0v) is 20.7. The number of unbranched alkanes of at least 4 members (excludes halogenated alkanes) is 2. The molecule has 0 aliphatic carbocycles. The molecule has 3 N–H and O–H groups in total. The van der Waals surface area contributed by atoms with Gasteiger partial charge in [-0.1, -0.05) is 37.1 Å². The van der Waals surface area contributed by atoms with Gasteiger partial charge in [0.25, 0.3) is 5.91 Å². The maximum atomic E-state index is 13.6. The van der Waals surface area contributed by atoms with Crippen molar-refractivity contribution in [3.63, 3.8) is 0 Å². The number of nitrogens with one attached hydrogen (secondary N) is 1. The number of benzene rings is 2. The largest absolute Gasteiger partial charge is 0.474 e. The van der Waals surface area contributed by atoms with Gasteiger partial charge in [0.2, 0.25) is 6.10 Å². The fourth-order valence-electron chi connectivity index (χ4n) is 5.34. The number of amides is 1. The summed E-state index contributed by atoms with van der Waals surface area (Å²) in [5.41, 5.74) is 8.93. The van der Waals surface area contributed by atoms with Gasteiger partial charge in [0, 0.05) is 29.8 Å². The van der Waals surface area contributed by atoms with E-state index in [-0.39, 0.29) is 11.7 Å². The lowest BCUT2D eigenvalue weighted by atomic mass is 9.97. The van der Waals surface area contributed by atoms with Crippen LogP contribution in [0.4, 0.5) is 5.69 Å². The van der Waals surface area contributed by atoms with Crippen LogP contribution in [0.25, 0.3) is 0 Å². The third-order valence-corrected chi connectivity index (χ3v) is 7.32. The molecular formula is C28H38N4O2. The van der Waals surface area contributed by atoms with Gasteiger partial charge < -0.3 is 15.4 Å². The van der Waals surface area contributed by atoms with Crippen molar-refractivity contribution in [1.82, 2.24) is 4.90 Å². The normalized spacial score (nSPS) is 22.9. The molecule has 2 aliphatic heterocycles. The number of likely N-dealkylation sites (tertiary alicyclic amines) is 1. The Kier molecular flexibility index (Phi) is 7.57. The monoisotopic (exact) mass is 462 g/mol. The van der Waals surface area contributed by atoms with Gasteiger partial charge >= 0.3 is 0 Å². The molecule has 34 heavy (non-hydrogen) atoms. The molecule has 2 aromatic rings. The van der Waals surface area contributed by atoms with Crippen molar-refractivity contribution in [2.75, 3.05) is 18.0 Å². The van der Waals surface area contributed by atoms with E-state index in [0.29, 0.717) is 24.2 Å². The molecule has 182 valence electrons. The molecule has 6 heteroatoms. The van der Waals surface area contributed by atoms with Gasteiger partial charge in [-0.2, -0.15) is 0 Å². The predicted octanol–water partition coefficient (Wildman–Crippen LogP) is 5.18. The highest BCUT2D eigenvalue weighted by atomic mass is 16.5. The first-order chi connectivity index (χ1) is 16.3. The first kappa shape index (κ1) is 24.3. The molecule has 2 aromatic carbocycles. The molecule has 4 rings (SSSR count). The highest BCUT2D eigenvalue weighted by molar-refractivity contribution is 6.01. The Bertz CT molecular complexity index is 1030. The molecule has 0 radical (unpaired) electrons. The minimum absolute atomic E-state index is 0.0180. The molecular weight excluding hydrogens is 424 g/mol. The number of carbonyl (C=O) groups is 1. The molecule has 0 spiro atoms. The maximum Gasteiger partial charge on any atom is 0.272 e. The number of anilines is 1. The van der Waals surface area contributed by atoms with Crippen molar-refractivity contribution in [2.45, 2.75) is 77.5 Å². The van der Waals surface area contributed by atoms with Gasteiger partial charge in [-0.3, -0.25) is 15.1 Å². The quantitative estimate of drug-likeness (QED) is 0.322. The van der Waals surface area contributed by atoms with Gasteiger partial charge in [-0.15, -0.1) is 0 Å². The van der Waals surface area contributed by atoms with Crippen LogP contribution in [0, 0.1) is 12.3 Å². The highest BCUT2D eigenvalue weighted by Gasteiger charge is 2.35. The second-order valence-corrected chi connectivity index (χ2v) is 9.93. The zero-order chi connectivity index (χ0) is 24.2. The Balaban J connectivity index is 1.45. The lowest BCUT2D eigenvalue weighted by molar-refractivity contribution is -0.126. The summed E-state index contributed by atoms with van der Waals surface area (Å²) in [5.74, 6) is 0.652. The summed E-state index contributed by atoms with van der Waals surface area (Å²) in [5, 5.41) is 7.75. The Hall–Kier alpha value is -2.86. The first-order valence-electron chi connectivity index (χ1n) is 12.6. The number of nitrogens with zero attached hydrogens (tertiary/aromatic N) is 2. The minimum Gasteiger partial charge on any atom is -0.474 e. The van der Waals surface area contributed by atoms with Crippen molar-refractivity contribution < 1.29 is 9.53 Å². The molecule has 1 saturated heterocycles. The molecule has 0 bridgehead atoms. The summed E-state index contributed by atoms with van der Waals surface area (Å²) in [6.45, 7) is 8.53. The maximum absolute atomic E-state index is 13.6. The van der Waals surface area contributed by atoms with Crippen LogP contribution in [-0.2, 0) is 4.79 Å². The van der Waals surface area contributed by atoms with Gasteiger partial charge in [0.15, 0.2) is 0 Å². The number of nitrogens with two attached hydrogens (primary N) is 1. The van der Waals surface area contributed by atoms with E-state index in [2.05, 4.69) is 18.7 Å². The van der Waals surface area contributed by atoms with Crippen molar-refractivity contribution >= 4 is 17.4 Å². The van der Waals surface area contributed by atoms with Gasteiger partial charge in [-0.05, 0) is 76.8 Å². The summed E-state index contributed by atoms with van der Waals surface area (Å²) in [4.78, 5) is 18.1. The van der Waals surface area contributed by atoms with Crippen LogP contribution < -0.4 is 15.4 Å². The predicted molar refractivity (Wildman–Crippen MR) is 138 cm³/mol. The third kappa shape index (κ3) is 5.27. The van der Waals surface area contributed by atoms with E-state index < -0.39 is 6.10 Å². The van der Waals surface area contributed by atoms with Crippen molar-refractivity contribution in [2.24, 2.45) is 5.73 Å². The fraction of sp³-hybridized carbons (Fsp3) is 0.500. The lowest BCUT2D eigenvalue weighted by Crippen LogP contribution is -2.44. The van der Waals surface area contributed by atoms with E-state index in [1.165, 1.54) is 19.3 Å². The minimum atomic E-state index is -0.733. The number of carbonyl (C=O) groups excluding carboxylic acids is 1. The third-order valence-electron chi connectivity index (χ3n) is 7.32. The molecule has 1 amide bonds. The van der Waals surface area contributed by atoms with E-state index in [0.717, 1.165) is 48.4 Å². The number of fused-ring (bicyclic) bond motifs is 1. The molecule has 0 aromatic heterocycles. The van der Waals surface area contributed by atoms with Crippen LogP contribution in [0.5, 0.6) is 5.75 Å². The van der Waals surface area contributed by atoms with Crippen LogP contribution in [0.2, 0.25) is 0 Å². The van der Waals surface area contributed by atoms with Gasteiger partial charge in [0.1, 0.15) is 11.6 Å².